The highest BCUT2D eigenvalue weighted by atomic mass is 79.9. The van der Waals surface area contributed by atoms with E-state index in [1.54, 1.807) is 18.2 Å². The molecule has 0 aromatic carbocycles. The van der Waals surface area contributed by atoms with Gasteiger partial charge in [-0.2, -0.15) is 0 Å². The number of aromatic nitrogens is 1. The molecule has 0 aliphatic rings. The van der Waals surface area contributed by atoms with Crippen LogP contribution in [-0.2, 0) is 0 Å². The molecule has 0 bridgehead atoms. The minimum absolute atomic E-state index is 0.117. The van der Waals surface area contributed by atoms with Crippen LogP contribution in [0.5, 0.6) is 0 Å². The van der Waals surface area contributed by atoms with E-state index >= 15 is 0 Å². The van der Waals surface area contributed by atoms with Crippen molar-refractivity contribution in [2.75, 3.05) is 6.54 Å². The molecular formula is C12H17BrN2O. The van der Waals surface area contributed by atoms with Crippen molar-refractivity contribution >= 4 is 21.8 Å². The van der Waals surface area contributed by atoms with Gasteiger partial charge in [-0.15, -0.1) is 0 Å². The van der Waals surface area contributed by atoms with Crippen LogP contribution < -0.4 is 5.32 Å². The quantitative estimate of drug-likeness (QED) is 0.864. The Morgan fingerprint density at radius 2 is 2.12 bits per heavy atom. The van der Waals surface area contributed by atoms with Gasteiger partial charge in [0.15, 0.2) is 0 Å². The Balaban J connectivity index is 2.53. The number of carbonyl (C=O) groups excluding carboxylic acids is 1. The zero-order valence-electron chi connectivity index (χ0n) is 9.83. The fourth-order valence-corrected chi connectivity index (χ4v) is 1.46. The number of pyridine rings is 1. The van der Waals surface area contributed by atoms with Crippen LogP contribution in [0.15, 0.2) is 22.8 Å². The third kappa shape index (κ3) is 3.93. The van der Waals surface area contributed by atoms with E-state index in [1.807, 2.05) is 0 Å². The maximum Gasteiger partial charge on any atom is 0.269 e. The number of amides is 1. The lowest BCUT2D eigenvalue weighted by Gasteiger charge is -2.15. The van der Waals surface area contributed by atoms with Crippen molar-refractivity contribution in [2.45, 2.75) is 20.8 Å². The molecule has 0 fully saturated rings. The third-order valence-corrected chi connectivity index (χ3v) is 3.11. The van der Waals surface area contributed by atoms with Gasteiger partial charge in [-0.05, 0) is 39.9 Å². The zero-order chi connectivity index (χ0) is 12.1. The van der Waals surface area contributed by atoms with E-state index in [4.69, 9.17) is 0 Å². The van der Waals surface area contributed by atoms with Gasteiger partial charge >= 0.3 is 0 Å². The summed E-state index contributed by atoms with van der Waals surface area (Å²) in [5.74, 6) is 0.917. The van der Waals surface area contributed by atoms with Gasteiger partial charge in [-0.3, -0.25) is 4.79 Å². The highest BCUT2D eigenvalue weighted by Gasteiger charge is 2.11. The van der Waals surface area contributed by atoms with Gasteiger partial charge in [-0.25, -0.2) is 4.98 Å². The lowest BCUT2D eigenvalue weighted by atomic mass is 9.98. The number of halogens is 1. The Bertz CT molecular complexity index is 366. The molecule has 1 aromatic rings. The smallest absolute Gasteiger partial charge is 0.269 e. The predicted octanol–water partition coefficient (Wildman–Crippen LogP) is 2.87. The molecule has 3 nitrogen and oxygen atoms in total. The third-order valence-electron chi connectivity index (χ3n) is 2.67. The van der Waals surface area contributed by atoms with Gasteiger partial charge in [-0.1, -0.05) is 26.8 Å². The highest BCUT2D eigenvalue weighted by molar-refractivity contribution is 9.10. The first-order valence-electron chi connectivity index (χ1n) is 5.41. The Hall–Kier alpha value is -0.900. The fourth-order valence-electron chi connectivity index (χ4n) is 1.11. The molecule has 1 amide bonds. The van der Waals surface area contributed by atoms with Crippen LogP contribution in [0, 0.1) is 11.8 Å². The van der Waals surface area contributed by atoms with E-state index in [0.717, 1.165) is 0 Å². The second-order valence-electron chi connectivity index (χ2n) is 4.28. The minimum Gasteiger partial charge on any atom is -0.350 e. The summed E-state index contributed by atoms with van der Waals surface area (Å²) in [6, 6.07) is 5.31. The molecular weight excluding hydrogens is 268 g/mol. The van der Waals surface area contributed by atoms with Crippen molar-refractivity contribution in [3.63, 3.8) is 0 Å². The lowest BCUT2D eigenvalue weighted by molar-refractivity contribution is 0.0939. The van der Waals surface area contributed by atoms with Crippen molar-refractivity contribution in [1.82, 2.24) is 10.3 Å². The van der Waals surface area contributed by atoms with E-state index in [1.165, 1.54) is 0 Å². The first-order chi connectivity index (χ1) is 7.50. The molecule has 1 rings (SSSR count). The maximum atomic E-state index is 11.7. The van der Waals surface area contributed by atoms with Crippen LogP contribution in [0.25, 0.3) is 0 Å². The summed E-state index contributed by atoms with van der Waals surface area (Å²) in [6.45, 7) is 7.10. The van der Waals surface area contributed by atoms with Crippen LogP contribution >= 0.6 is 15.9 Å². The number of hydrogen-bond donors (Lipinski definition) is 1. The maximum absolute atomic E-state index is 11.7. The Labute approximate surface area is 105 Å². The number of rotatable bonds is 4. The largest absolute Gasteiger partial charge is 0.350 e. The molecule has 0 spiro atoms. The molecule has 88 valence electrons. The monoisotopic (exact) mass is 284 g/mol. The summed E-state index contributed by atoms with van der Waals surface area (Å²) in [6.07, 6.45) is 0. The molecule has 0 aliphatic heterocycles. The standard InChI is InChI=1S/C12H17BrN2O/c1-8(2)9(3)7-14-12(16)10-5-4-6-11(13)15-10/h4-6,8-9H,7H2,1-3H3,(H,14,16). The topological polar surface area (TPSA) is 42.0 Å². The first kappa shape index (κ1) is 13.2. The van der Waals surface area contributed by atoms with E-state index in [0.29, 0.717) is 28.7 Å². The molecule has 0 saturated heterocycles. The second kappa shape index (κ2) is 5.99. The van der Waals surface area contributed by atoms with E-state index < -0.39 is 0 Å². The summed E-state index contributed by atoms with van der Waals surface area (Å²) in [4.78, 5) is 15.8. The predicted molar refractivity (Wildman–Crippen MR) is 68.3 cm³/mol. The molecule has 1 heterocycles. The summed E-state index contributed by atoms with van der Waals surface area (Å²) >= 11 is 3.24. The van der Waals surface area contributed by atoms with Crippen LogP contribution in [0.1, 0.15) is 31.3 Å². The Kier molecular flexibility index (Phi) is 4.93. The summed E-state index contributed by atoms with van der Waals surface area (Å²) in [7, 11) is 0. The summed E-state index contributed by atoms with van der Waals surface area (Å²) in [5.41, 5.74) is 0.449. The average molecular weight is 285 g/mol. The summed E-state index contributed by atoms with van der Waals surface area (Å²) < 4.78 is 0.678. The van der Waals surface area contributed by atoms with Crippen LogP contribution in [0.4, 0.5) is 0 Å². The van der Waals surface area contributed by atoms with Gasteiger partial charge in [0, 0.05) is 6.54 Å². The Morgan fingerprint density at radius 3 is 2.69 bits per heavy atom. The van der Waals surface area contributed by atoms with Gasteiger partial charge in [0.25, 0.3) is 5.91 Å². The second-order valence-corrected chi connectivity index (χ2v) is 5.09. The van der Waals surface area contributed by atoms with E-state index in [2.05, 4.69) is 47.0 Å². The molecule has 0 aliphatic carbocycles. The number of nitrogens with one attached hydrogen (secondary N) is 1. The van der Waals surface area contributed by atoms with Gasteiger partial charge in [0.05, 0.1) is 0 Å². The minimum atomic E-state index is -0.117. The normalized spacial score (nSPS) is 12.6. The molecule has 1 atom stereocenters. The van der Waals surface area contributed by atoms with E-state index in [-0.39, 0.29) is 5.91 Å². The molecule has 0 radical (unpaired) electrons. The summed E-state index contributed by atoms with van der Waals surface area (Å²) in [5, 5.41) is 2.88. The zero-order valence-corrected chi connectivity index (χ0v) is 11.4. The fraction of sp³-hybridized carbons (Fsp3) is 0.500. The van der Waals surface area contributed by atoms with Crippen LogP contribution in [0.2, 0.25) is 0 Å². The van der Waals surface area contributed by atoms with Crippen molar-refractivity contribution in [2.24, 2.45) is 11.8 Å². The SMILES string of the molecule is CC(C)C(C)CNC(=O)c1cccc(Br)n1. The van der Waals surface area contributed by atoms with Crippen molar-refractivity contribution in [3.8, 4) is 0 Å². The van der Waals surface area contributed by atoms with Crippen molar-refractivity contribution in [1.29, 1.82) is 0 Å². The number of hydrogen-bond acceptors (Lipinski definition) is 2. The molecule has 16 heavy (non-hydrogen) atoms. The molecule has 1 aromatic heterocycles. The molecule has 1 unspecified atom stereocenters. The highest BCUT2D eigenvalue weighted by Crippen LogP contribution is 2.09. The first-order valence-corrected chi connectivity index (χ1v) is 6.20. The average Bonchev–Trinajstić information content (AvgIpc) is 2.25. The molecule has 1 N–H and O–H groups in total. The van der Waals surface area contributed by atoms with Crippen molar-refractivity contribution in [3.05, 3.63) is 28.5 Å². The van der Waals surface area contributed by atoms with Gasteiger partial charge < -0.3 is 5.32 Å². The van der Waals surface area contributed by atoms with Crippen LogP contribution in [0.3, 0.4) is 0 Å². The van der Waals surface area contributed by atoms with Gasteiger partial charge in [0.2, 0.25) is 0 Å². The molecule has 0 saturated carbocycles. The molecule has 4 heteroatoms. The lowest BCUT2D eigenvalue weighted by Crippen LogP contribution is -2.30. The number of carbonyl (C=O) groups is 1. The van der Waals surface area contributed by atoms with Crippen molar-refractivity contribution < 1.29 is 4.79 Å². The van der Waals surface area contributed by atoms with Crippen LogP contribution in [-0.4, -0.2) is 17.4 Å². The van der Waals surface area contributed by atoms with Gasteiger partial charge in [0.1, 0.15) is 10.3 Å². The van der Waals surface area contributed by atoms with E-state index in [9.17, 15) is 4.79 Å². The Morgan fingerprint density at radius 1 is 1.44 bits per heavy atom. The number of nitrogens with zero attached hydrogens (tertiary/aromatic N) is 1.